The molecule has 2 N–H and O–H groups in total. The molecule has 0 saturated carbocycles. The molecule has 1 aliphatic heterocycles. The van der Waals surface area contributed by atoms with Gasteiger partial charge in [-0.1, -0.05) is 29.3 Å². The first-order valence-corrected chi connectivity index (χ1v) is 9.72. The van der Waals surface area contributed by atoms with E-state index in [9.17, 15) is 14.4 Å². The lowest BCUT2D eigenvalue weighted by Crippen LogP contribution is -2.41. The van der Waals surface area contributed by atoms with Gasteiger partial charge in [-0.05, 0) is 47.1 Å². The maximum atomic E-state index is 12.8. The Morgan fingerprint density at radius 2 is 1.92 bits per heavy atom. The van der Waals surface area contributed by atoms with Crippen LogP contribution in [0.1, 0.15) is 11.8 Å². The Bertz CT molecular complexity index is 900. The van der Waals surface area contributed by atoms with Gasteiger partial charge in [0.15, 0.2) is 5.54 Å². The summed E-state index contributed by atoms with van der Waals surface area (Å²) >= 11 is 16.7. The molecule has 0 aliphatic carbocycles. The zero-order valence-electron chi connectivity index (χ0n) is 13.3. The lowest BCUT2D eigenvalue weighted by Gasteiger charge is -2.20. The Morgan fingerprint density at radius 1 is 1.27 bits per heavy atom. The largest absolute Gasteiger partial charge is 0.325 e. The second kappa shape index (κ2) is 7.19. The number of imide groups is 1. The van der Waals surface area contributed by atoms with Crippen LogP contribution >= 0.6 is 50.5 Å². The molecule has 0 bridgehead atoms. The highest BCUT2D eigenvalue weighted by Crippen LogP contribution is 2.35. The molecule has 26 heavy (non-hydrogen) atoms. The number of carbonyl (C=O) groups is 3. The van der Waals surface area contributed by atoms with Gasteiger partial charge in [0.25, 0.3) is 5.91 Å². The summed E-state index contributed by atoms with van der Waals surface area (Å²) in [7, 11) is 0. The Labute approximate surface area is 171 Å². The number of carbonyl (C=O) groups excluding carboxylic acids is 3. The van der Waals surface area contributed by atoms with Gasteiger partial charge in [0.05, 0.1) is 19.5 Å². The van der Waals surface area contributed by atoms with Crippen LogP contribution in [0.25, 0.3) is 0 Å². The molecule has 1 aromatic heterocycles. The number of anilines is 1. The molecule has 1 fully saturated rings. The number of hydrogen-bond acceptors (Lipinski definition) is 4. The zero-order chi connectivity index (χ0) is 19.1. The van der Waals surface area contributed by atoms with Crippen molar-refractivity contribution >= 4 is 74.0 Å². The van der Waals surface area contributed by atoms with E-state index in [1.165, 1.54) is 11.3 Å². The predicted molar refractivity (Wildman–Crippen MR) is 105 cm³/mol. The quantitative estimate of drug-likeness (QED) is 0.648. The van der Waals surface area contributed by atoms with Gasteiger partial charge in [0, 0.05) is 4.88 Å². The normalized spacial score (nSPS) is 19.6. The number of urea groups is 1. The Hall–Kier alpha value is -1.61. The standard InChI is InChI=1S/C16H12BrCl2N3O3S/c1-16(10-5-6-11(17)26-10)14(24)22(15(25)21-16)7-12(23)20-13-8(18)3-2-4-9(13)19/h2-6H,7H2,1H3,(H,20,23)(H,21,25). The fraction of sp³-hybridized carbons (Fsp3) is 0.188. The van der Waals surface area contributed by atoms with Crippen LogP contribution in [-0.2, 0) is 15.1 Å². The van der Waals surface area contributed by atoms with Crippen LogP contribution in [-0.4, -0.2) is 29.3 Å². The van der Waals surface area contributed by atoms with Crippen LogP contribution in [0.15, 0.2) is 34.1 Å². The zero-order valence-corrected chi connectivity index (χ0v) is 17.2. The molecule has 10 heteroatoms. The van der Waals surface area contributed by atoms with Gasteiger partial charge in [-0.2, -0.15) is 0 Å². The first-order chi connectivity index (χ1) is 12.2. The third kappa shape index (κ3) is 3.46. The van der Waals surface area contributed by atoms with Crippen molar-refractivity contribution in [1.29, 1.82) is 0 Å². The maximum absolute atomic E-state index is 12.8. The van der Waals surface area contributed by atoms with Crippen LogP contribution in [0.2, 0.25) is 10.0 Å². The second-order valence-corrected chi connectivity index (χ2v) is 8.97. The van der Waals surface area contributed by atoms with E-state index in [-0.39, 0.29) is 15.7 Å². The molecule has 6 nitrogen and oxygen atoms in total. The lowest BCUT2D eigenvalue weighted by molar-refractivity contribution is -0.133. The van der Waals surface area contributed by atoms with Crippen molar-refractivity contribution in [3.8, 4) is 0 Å². The highest BCUT2D eigenvalue weighted by Gasteiger charge is 2.50. The number of para-hydroxylation sites is 1. The summed E-state index contributed by atoms with van der Waals surface area (Å²) in [6.45, 7) is 1.16. The minimum Gasteiger partial charge on any atom is -0.322 e. The number of benzene rings is 1. The van der Waals surface area contributed by atoms with Gasteiger partial charge in [0.1, 0.15) is 6.54 Å². The summed E-state index contributed by atoms with van der Waals surface area (Å²) in [6.07, 6.45) is 0. The highest BCUT2D eigenvalue weighted by molar-refractivity contribution is 9.11. The molecule has 1 aromatic carbocycles. The first-order valence-electron chi connectivity index (χ1n) is 7.36. The van der Waals surface area contributed by atoms with E-state index in [1.807, 2.05) is 0 Å². The molecule has 2 aromatic rings. The molecular weight excluding hydrogens is 465 g/mol. The average molecular weight is 477 g/mol. The van der Waals surface area contributed by atoms with Crippen molar-refractivity contribution in [2.45, 2.75) is 12.5 Å². The van der Waals surface area contributed by atoms with Gasteiger partial charge >= 0.3 is 6.03 Å². The van der Waals surface area contributed by atoms with Gasteiger partial charge in [-0.25, -0.2) is 4.79 Å². The monoisotopic (exact) mass is 475 g/mol. The fourth-order valence-corrected chi connectivity index (χ4v) is 4.50. The Balaban J connectivity index is 1.77. The molecule has 1 aliphatic rings. The van der Waals surface area contributed by atoms with Crippen molar-refractivity contribution in [2.24, 2.45) is 0 Å². The van der Waals surface area contributed by atoms with Gasteiger partial charge in [0.2, 0.25) is 5.91 Å². The molecule has 2 heterocycles. The molecule has 1 unspecified atom stereocenters. The number of rotatable bonds is 4. The van der Waals surface area contributed by atoms with E-state index in [4.69, 9.17) is 23.2 Å². The topological polar surface area (TPSA) is 78.5 Å². The predicted octanol–water partition coefficient (Wildman–Crippen LogP) is 4.22. The summed E-state index contributed by atoms with van der Waals surface area (Å²) in [6, 6.07) is 7.69. The van der Waals surface area contributed by atoms with Crippen LogP contribution in [0, 0.1) is 0 Å². The average Bonchev–Trinajstić information content (AvgIpc) is 3.10. The molecule has 0 radical (unpaired) electrons. The molecule has 4 amide bonds. The van der Waals surface area contributed by atoms with Crippen LogP contribution < -0.4 is 10.6 Å². The van der Waals surface area contributed by atoms with Crippen molar-refractivity contribution in [2.75, 3.05) is 11.9 Å². The number of thiophene rings is 1. The SMILES string of the molecule is CC1(c2ccc(Br)s2)NC(=O)N(CC(=O)Nc2c(Cl)cccc2Cl)C1=O. The van der Waals surface area contributed by atoms with Gasteiger partial charge in [-0.15, -0.1) is 11.3 Å². The van der Waals surface area contributed by atoms with Crippen molar-refractivity contribution in [3.05, 3.63) is 49.0 Å². The second-order valence-electron chi connectivity index (χ2n) is 5.70. The molecular formula is C16H12BrCl2N3O3S. The minimum absolute atomic E-state index is 0.234. The Kier molecular flexibility index (Phi) is 5.30. The van der Waals surface area contributed by atoms with Crippen LogP contribution in [0.4, 0.5) is 10.5 Å². The molecule has 0 spiro atoms. The summed E-state index contributed by atoms with van der Waals surface area (Å²) in [5, 5.41) is 5.70. The van der Waals surface area contributed by atoms with Crippen LogP contribution in [0.3, 0.4) is 0 Å². The molecule has 1 atom stereocenters. The highest BCUT2D eigenvalue weighted by atomic mass is 79.9. The smallest absolute Gasteiger partial charge is 0.322 e. The van der Waals surface area contributed by atoms with E-state index < -0.39 is 29.9 Å². The number of nitrogens with one attached hydrogen (secondary N) is 2. The fourth-order valence-electron chi connectivity index (χ4n) is 2.53. The number of hydrogen-bond donors (Lipinski definition) is 2. The number of nitrogens with zero attached hydrogens (tertiary/aromatic N) is 1. The number of halogens is 3. The van der Waals surface area contributed by atoms with E-state index in [2.05, 4.69) is 26.6 Å². The summed E-state index contributed by atoms with van der Waals surface area (Å²) < 4.78 is 0.834. The van der Waals surface area contributed by atoms with E-state index >= 15 is 0 Å². The van der Waals surface area contributed by atoms with Crippen LogP contribution in [0.5, 0.6) is 0 Å². The third-order valence-corrected chi connectivity index (χ3v) is 6.35. The Morgan fingerprint density at radius 3 is 2.50 bits per heavy atom. The third-order valence-electron chi connectivity index (χ3n) is 3.87. The lowest BCUT2D eigenvalue weighted by atomic mass is 10.0. The maximum Gasteiger partial charge on any atom is 0.325 e. The molecule has 136 valence electrons. The van der Waals surface area contributed by atoms with Gasteiger partial charge < -0.3 is 10.6 Å². The summed E-state index contributed by atoms with van der Waals surface area (Å²) in [5.41, 5.74) is -0.978. The first kappa shape index (κ1) is 19.2. The van der Waals surface area contributed by atoms with Gasteiger partial charge in [-0.3, -0.25) is 14.5 Å². The van der Waals surface area contributed by atoms with Crippen molar-refractivity contribution in [1.82, 2.24) is 10.2 Å². The molecule has 3 rings (SSSR count). The summed E-state index contributed by atoms with van der Waals surface area (Å²) in [5.74, 6) is -1.09. The van der Waals surface area contributed by atoms with Crippen molar-refractivity contribution < 1.29 is 14.4 Å². The van der Waals surface area contributed by atoms with E-state index in [0.717, 1.165) is 8.69 Å². The minimum atomic E-state index is -1.21. The van der Waals surface area contributed by atoms with E-state index in [0.29, 0.717) is 4.88 Å². The number of amides is 4. The van der Waals surface area contributed by atoms with Crippen molar-refractivity contribution in [3.63, 3.8) is 0 Å². The summed E-state index contributed by atoms with van der Waals surface area (Å²) in [4.78, 5) is 38.9. The molecule has 1 saturated heterocycles. The van der Waals surface area contributed by atoms with E-state index in [1.54, 1.807) is 37.3 Å².